The van der Waals surface area contributed by atoms with E-state index in [0.29, 0.717) is 5.69 Å². The predicted octanol–water partition coefficient (Wildman–Crippen LogP) is 1.11. The zero-order valence-corrected chi connectivity index (χ0v) is 10.1. The number of hydrogen-bond donors (Lipinski definition) is 3. The number of carbonyl (C=O) groups excluding carboxylic acids is 1. The van der Waals surface area contributed by atoms with Crippen molar-refractivity contribution < 1.29 is 14.7 Å². The number of benzene rings is 1. The molecule has 1 aromatic rings. The second kappa shape index (κ2) is 5.09. The summed E-state index contributed by atoms with van der Waals surface area (Å²) in [7, 11) is 0. The Morgan fingerprint density at radius 1 is 1.50 bits per heavy atom. The third-order valence-corrected chi connectivity index (χ3v) is 2.50. The molecule has 1 aromatic carbocycles. The van der Waals surface area contributed by atoms with E-state index in [2.05, 4.69) is 21.2 Å². The highest BCUT2D eigenvalue weighted by Gasteiger charge is 2.21. The number of amides is 1. The fourth-order valence-electron chi connectivity index (χ4n) is 1.05. The number of nitrogens with two attached hydrogens (primary N) is 1. The third-order valence-electron chi connectivity index (χ3n) is 2.01. The van der Waals surface area contributed by atoms with E-state index in [4.69, 9.17) is 10.8 Å². The summed E-state index contributed by atoms with van der Waals surface area (Å²) in [5, 5.41) is 11.0. The molecule has 0 saturated heterocycles. The second-order valence-corrected chi connectivity index (χ2v) is 4.18. The first-order valence-corrected chi connectivity index (χ1v) is 5.26. The molecule has 0 aliphatic carbocycles. The van der Waals surface area contributed by atoms with E-state index in [0.717, 1.165) is 10.0 Å². The highest BCUT2D eigenvalue weighted by Crippen LogP contribution is 2.20. The molecule has 0 aliphatic heterocycles. The van der Waals surface area contributed by atoms with E-state index in [1.165, 1.54) is 0 Å². The number of aliphatic carboxylic acids is 1. The normalized spacial score (nSPS) is 11.9. The van der Waals surface area contributed by atoms with Crippen LogP contribution in [0.25, 0.3) is 0 Å². The molecule has 0 radical (unpaired) electrons. The molecule has 1 unspecified atom stereocenters. The Kier molecular flexibility index (Phi) is 4.03. The molecule has 0 spiro atoms. The quantitative estimate of drug-likeness (QED) is 0.726. The van der Waals surface area contributed by atoms with Crippen LogP contribution in [0.2, 0.25) is 0 Å². The monoisotopic (exact) mass is 286 g/mol. The largest absolute Gasteiger partial charge is 0.480 e. The van der Waals surface area contributed by atoms with E-state index in [1.807, 2.05) is 6.07 Å². The lowest BCUT2D eigenvalue weighted by molar-refractivity contribution is -0.141. The van der Waals surface area contributed by atoms with Gasteiger partial charge in [0.2, 0.25) is 0 Å². The summed E-state index contributed by atoms with van der Waals surface area (Å²) in [6, 6.07) is 3.74. The highest BCUT2D eigenvalue weighted by atomic mass is 79.9. The molecule has 0 bridgehead atoms. The molecule has 1 amide bonds. The fourth-order valence-corrected chi connectivity index (χ4v) is 1.41. The standard InChI is InChI=1S/C10H11BrN2O3/c1-5-2-3-6(11)4-7(5)13-9(14)8(12)10(15)16/h2-4,8H,12H2,1H3,(H,13,14)(H,15,16). The molecule has 0 saturated carbocycles. The molecule has 86 valence electrons. The molecule has 6 heteroatoms. The maximum Gasteiger partial charge on any atom is 0.330 e. The summed E-state index contributed by atoms with van der Waals surface area (Å²) >= 11 is 3.25. The minimum absolute atomic E-state index is 0.538. The topological polar surface area (TPSA) is 92.4 Å². The number of aryl methyl sites for hydroxylation is 1. The Morgan fingerprint density at radius 3 is 2.69 bits per heavy atom. The molecule has 0 fully saturated rings. The predicted molar refractivity (Wildman–Crippen MR) is 63.1 cm³/mol. The smallest absolute Gasteiger partial charge is 0.330 e. The molecule has 0 heterocycles. The SMILES string of the molecule is Cc1ccc(Br)cc1NC(=O)C(N)C(=O)O. The minimum Gasteiger partial charge on any atom is -0.480 e. The summed E-state index contributed by atoms with van der Waals surface area (Å²) < 4.78 is 0.789. The molecule has 4 N–H and O–H groups in total. The van der Waals surface area contributed by atoms with Crippen LogP contribution in [0.15, 0.2) is 22.7 Å². The van der Waals surface area contributed by atoms with Crippen LogP contribution >= 0.6 is 15.9 Å². The lowest BCUT2D eigenvalue weighted by Crippen LogP contribution is -2.42. The summed E-state index contributed by atoms with van der Waals surface area (Å²) in [6.45, 7) is 1.80. The van der Waals surface area contributed by atoms with Crippen molar-refractivity contribution in [1.82, 2.24) is 0 Å². The molecule has 0 aliphatic rings. The average Bonchev–Trinajstić information content (AvgIpc) is 2.22. The number of carboxylic acids is 1. The van der Waals surface area contributed by atoms with Gasteiger partial charge in [0.15, 0.2) is 6.04 Å². The van der Waals surface area contributed by atoms with Crippen molar-refractivity contribution in [3.05, 3.63) is 28.2 Å². The van der Waals surface area contributed by atoms with Gasteiger partial charge in [0.25, 0.3) is 5.91 Å². The van der Waals surface area contributed by atoms with Crippen molar-refractivity contribution >= 4 is 33.5 Å². The van der Waals surface area contributed by atoms with Crippen LogP contribution in [0.1, 0.15) is 5.56 Å². The number of nitrogens with one attached hydrogen (secondary N) is 1. The van der Waals surface area contributed by atoms with E-state index in [1.54, 1.807) is 19.1 Å². The van der Waals surface area contributed by atoms with Crippen LogP contribution < -0.4 is 11.1 Å². The van der Waals surface area contributed by atoms with Gasteiger partial charge in [-0.15, -0.1) is 0 Å². The summed E-state index contributed by atoms with van der Waals surface area (Å²) in [4.78, 5) is 21.9. The van der Waals surface area contributed by atoms with E-state index in [9.17, 15) is 9.59 Å². The van der Waals surface area contributed by atoms with Crippen LogP contribution in [-0.4, -0.2) is 23.0 Å². The van der Waals surface area contributed by atoms with Crippen molar-refractivity contribution in [3.63, 3.8) is 0 Å². The Hall–Kier alpha value is -1.40. The van der Waals surface area contributed by atoms with E-state index in [-0.39, 0.29) is 0 Å². The Labute approximate surface area is 101 Å². The number of carboxylic acid groups (broad SMARTS) is 1. The van der Waals surface area contributed by atoms with Gasteiger partial charge in [0.1, 0.15) is 0 Å². The van der Waals surface area contributed by atoms with Crippen molar-refractivity contribution in [2.45, 2.75) is 13.0 Å². The number of anilines is 1. The molecule has 1 rings (SSSR count). The third kappa shape index (κ3) is 3.04. The van der Waals surface area contributed by atoms with Crippen LogP contribution in [0, 0.1) is 6.92 Å². The molecule has 5 nitrogen and oxygen atoms in total. The van der Waals surface area contributed by atoms with E-state index < -0.39 is 17.9 Å². The summed E-state index contributed by atoms with van der Waals surface area (Å²) in [5.41, 5.74) is 6.54. The van der Waals surface area contributed by atoms with Gasteiger partial charge in [0.05, 0.1) is 0 Å². The Balaban J connectivity index is 2.84. The van der Waals surface area contributed by atoms with Crippen molar-refractivity contribution in [3.8, 4) is 0 Å². The van der Waals surface area contributed by atoms with Crippen LogP contribution in [0.3, 0.4) is 0 Å². The van der Waals surface area contributed by atoms with E-state index >= 15 is 0 Å². The van der Waals surface area contributed by atoms with Crippen molar-refractivity contribution in [2.24, 2.45) is 5.73 Å². The highest BCUT2D eigenvalue weighted by molar-refractivity contribution is 9.10. The van der Waals surface area contributed by atoms with Crippen LogP contribution in [-0.2, 0) is 9.59 Å². The van der Waals surface area contributed by atoms with Gasteiger partial charge in [-0.3, -0.25) is 4.79 Å². The average molecular weight is 287 g/mol. The molecule has 0 aromatic heterocycles. The van der Waals surface area contributed by atoms with Gasteiger partial charge >= 0.3 is 5.97 Å². The first-order chi connectivity index (χ1) is 7.41. The molecule has 16 heavy (non-hydrogen) atoms. The summed E-state index contributed by atoms with van der Waals surface area (Å²) in [6.07, 6.45) is 0. The maximum atomic E-state index is 11.4. The molecular formula is C10H11BrN2O3. The van der Waals surface area contributed by atoms with Gasteiger partial charge in [0, 0.05) is 10.2 Å². The Morgan fingerprint density at radius 2 is 2.12 bits per heavy atom. The van der Waals surface area contributed by atoms with Crippen LogP contribution in [0.4, 0.5) is 5.69 Å². The fraction of sp³-hybridized carbons (Fsp3) is 0.200. The molecule has 1 atom stereocenters. The minimum atomic E-state index is -1.56. The van der Waals surface area contributed by atoms with Gasteiger partial charge in [-0.1, -0.05) is 22.0 Å². The number of hydrogen-bond acceptors (Lipinski definition) is 3. The first-order valence-electron chi connectivity index (χ1n) is 4.47. The zero-order valence-electron chi connectivity index (χ0n) is 8.53. The van der Waals surface area contributed by atoms with Gasteiger partial charge in [-0.05, 0) is 24.6 Å². The zero-order chi connectivity index (χ0) is 12.3. The first kappa shape index (κ1) is 12.7. The number of halogens is 1. The number of rotatable bonds is 3. The number of carbonyl (C=O) groups is 2. The Bertz CT molecular complexity index is 434. The second-order valence-electron chi connectivity index (χ2n) is 3.26. The summed E-state index contributed by atoms with van der Waals surface area (Å²) in [5.74, 6) is -2.10. The van der Waals surface area contributed by atoms with Gasteiger partial charge < -0.3 is 16.2 Å². The van der Waals surface area contributed by atoms with Crippen molar-refractivity contribution in [2.75, 3.05) is 5.32 Å². The molecular weight excluding hydrogens is 276 g/mol. The van der Waals surface area contributed by atoms with Gasteiger partial charge in [-0.25, -0.2) is 4.79 Å². The lowest BCUT2D eigenvalue weighted by atomic mass is 10.2. The van der Waals surface area contributed by atoms with Gasteiger partial charge in [-0.2, -0.15) is 0 Å². The lowest BCUT2D eigenvalue weighted by Gasteiger charge is -2.10. The van der Waals surface area contributed by atoms with Crippen LogP contribution in [0.5, 0.6) is 0 Å². The van der Waals surface area contributed by atoms with Crippen molar-refractivity contribution in [1.29, 1.82) is 0 Å². The maximum absolute atomic E-state index is 11.4.